The number of aliphatic hydroxyl groups is 1. The van der Waals surface area contributed by atoms with Crippen LogP contribution in [-0.4, -0.2) is 26.5 Å². The summed E-state index contributed by atoms with van der Waals surface area (Å²) in [6.07, 6.45) is 3.23. The molecule has 0 aliphatic rings. The Balaban J connectivity index is 2.47. The number of aromatic nitrogens is 3. The maximum Gasteiger partial charge on any atom is 0.120 e. The summed E-state index contributed by atoms with van der Waals surface area (Å²) in [5.74, 6) is 0. The Bertz CT molecular complexity index is 413. The fraction of sp³-hybridized carbons (Fsp3) is 0.273. The molecule has 0 radical (unpaired) electrons. The van der Waals surface area contributed by atoms with E-state index in [1.165, 1.54) is 0 Å². The molecule has 0 fully saturated rings. The summed E-state index contributed by atoms with van der Waals surface area (Å²) < 4.78 is 1.81. The lowest BCUT2D eigenvalue weighted by atomic mass is 9.93. The summed E-state index contributed by atoms with van der Waals surface area (Å²) in [6.45, 7) is 1.96. The topological polar surface area (TPSA) is 50.9 Å². The molecule has 1 unspecified atom stereocenters. The van der Waals surface area contributed by atoms with E-state index in [0.29, 0.717) is 0 Å². The van der Waals surface area contributed by atoms with E-state index in [0.717, 1.165) is 5.56 Å². The van der Waals surface area contributed by atoms with Crippen LogP contribution in [0.1, 0.15) is 12.5 Å². The molecule has 1 atom stereocenters. The maximum absolute atomic E-state index is 9.53. The molecule has 0 aliphatic carbocycles. The zero-order chi connectivity index (χ0) is 10.7. The van der Waals surface area contributed by atoms with Gasteiger partial charge in [-0.1, -0.05) is 30.3 Å². The third-order valence-electron chi connectivity index (χ3n) is 2.69. The predicted molar refractivity (Wildman–Crippen MR) is 56.3 cm³/mol. The van der Waals surface area contributed by atoms with E-state index >= 15 is 0 Å². The molecule has 1 aromatic carbocycles. The summed E-state index contributed by atoms with van der Waals surface area (Å²) in [5.41, 5.74) is 0.539. The van der Waals surface area contributed by atoms with Crippen LogP contribution in [0.15, 0.2) is 43.0 Å². The van der Waals surface area contributed by atoms with Crippen LogP contribution < -0.4 is 0 Å². The quantitative estimate of drug-likeness (QED) is 0.810. The Labute approximate surface area is 88.2 Å². The Hall–Kier alpha value is -1.68. The van der Waals surface area contributed by atoms with Gasteiger partial charge in [0.25, 0.3) is 0 Å². The second-order valence-electron chi connectivity index (χ2n) is 3.67. The molecule has 2 aromatic rings. The summed E-state index contributed by atoms with van der Waals surface area (Å²) in [6, 6.07) is 9.82. The molecule has 0 amide bonds. The summed E-state index contributed by atoms with van der Waals surface area (Å²) in [5, 5.41) is 17.1. The van der Waals surface area contributed by atoms with Crippen molar-refractivity contribution < 1.29 is 5.11 Å². The smallest absolute Gasteiger partial charge is 0.120 e. The molecule has 0 spiro atoms. The first-order valence-corrected chi connectivity index (χ1v) is 4.79. The van der Waals surface area contributed by atoms with Crippen molar-refractivity contribution in [3.63, 3.8) is 0 Å². The zero-order valence-electron chi connectivity index (χ0n) is 8.54. The average Bonchev–Trinajstić information content (AvgIpc) is 2.83. The van der Waals surface area contributed by atoms with Gasteiger partial charge in [-0.2, -0.15) is 0 Å². The molecular weight excluding hydrogens is 190 g/mol. The first-order chi connectivity index (χ1) is 7.27. The molecule has 2 rings (SSSR count). The van der Waals surface area contributed by atoms with Gasteiger partial charge in [-0.3, -0.25) is 0 Å². The molecule has 4 nitrogen and oxygen atoms in total. The third-order valence-corrected chi connectivity index (χ3v) is 2.69. The SMILES string of the molecule is CC(CO)(c1ccccc1)n1cnnc1. The van der Waals surface area contributed by atoms with Crippen LogP contribution in [0.3, 0.4) is 0 Å². The van der Waals surface area contributed by atoms with Gasteiger partial charge in [0.1, 0.15) is 12.7 Å². The Morgan fingerprint density at radius 3 is 2.33 bits per heavy atom. The fourth-order valence-electron chi connectivity index (χ4n) is 1.57. The second-order valence-corrected chi connectivity index (χ2v) is 3.67. The van der Waals surface area contributed by atoms with E-state index in [-0.39, 0.29) is 6.61 Å². The second kappa shape index (κ2) is 3.82. The minimum Gasteiger partial charge on any atom is -0.394 e. The molecule has 1 aromatic heterocycles. The molecule has 1 N–H and O–H groups in total. The van der Waals surface area contributed by atoms with Crippen LogP contribution in [0.2, 0.25) is 0 Å². The molecular formula is C11H13N3O. The molecule has 0 saturated heterocycles. The van der Waals surface area contributed by atoms with Gasteiger partial charge in [-0.25, -0.2) is 0 Å². The molecule has 4 heteroatoms. The first kappa shape index (κ1) is 9.86. The average molecular weight is 203 g/mol. The van der Waals surface area contributed by atoms with E-state index in [1.807, 2.05) is 41.8 Å². The highest BCUT2D eigenvalue weighted by atomic mass is 16.3. The van der Waals surface area contributed by atoms with Crippen molar-refractivity contribution in [3.05, 3.63) is 48.5 Å². The van der Waals surface area contributed by atoms with Crippen molar-refractivity contribution in [2.75, 3.05) is 6.61 Å². The van der Waals surface area contributed by atoms with Gasteiger partial charge in [0.05, 0.1) is 12.1 Å². The fourth-order valence-corrected chi connectivity index (χ4v) is 1.57. The van der Waals surface area contributed by atoms with Crippen LogP contribution >= 0.6 is 0 Å². The predicted octanol–water partition coefficient (Wildman–Crippen LogP) is 1.03. The summed E-state index contributed by atoms with van der Waals surface area (Å²) in [7, 11) is 0. The van der Waals surface area contributed by atoms with Crippen molar-refractivity contribution >= 4 is 0 Å². The van der Waals surface area contributed by atoms with Gasteiger partial charge >= 0.3 is 0 Å². The maximum atomic E-state index is 9.53. The minimum absolute atomic E-state index is 0.00898. The number of benzene rings is 1. The highest BCUT2D eigenvalue weighted by Crippen LogP contribution is 2.24. The standard InChI is InChI=1S/C11H13N3O/c1-11(7-15,14-8-12-13-9-14)10-5-3-2-4-6-10/h2-6,8-9,15H,7H2,1H3. The minimum atomic E-state index is -0.495. The number of rotatable bonds is 3. The van der Waals surface area contributed by atoms with Gasteiger partial charge in [-0.05, 0) is 12.5 Å². The van der Waals surface area contributed by atoms with Crippen molar-refractivity contribution in [3.8, 4) is 0 Å². The lowest BCUT2D eigenvalue weighted by molar-refractivity contribution is 0.181. The Kier molecular flexibility index (Phi) is 2.51. The van der Waals surface area contributed by atoms with Crippen LogP contribution in [-0.2, 0) is 5.54 Å². The number of aliphatic hydroxyl groups excluding tert-OH is 1. The Morgan fingerprint density at radius 1 is 1.20 bits per heavy atom. The van der Waals surface area contributed by atoms with Crippen molar-refractivity contribution in [2.45, 2.75) is 12.5 Å². The van der Waals surface area contributed by atoms with Gasteiger partial charge in [0, 0.05) is 0 Å². The normalized spacial score (nSPS) is 14.8. The third kappa shape index (κ3) is 1.64. The van der Waals surface area contributed by atoms with Crippen molar-refractivity contribution in [1.82, 2.24) is 14.8 Å². The lowest BCUT2D eigenvalue weighted by Crippen LogP contribution is -2.34. The molecule has 0 aliphatic heterocycles. The van der Waals surface area contributed by atoms with E-state index in [4.69, 9.17) is 0 Å². The number of hydrogen-bond acceptors (Lipinski definition) is 3. The van der Waals surface area contributed by atoms with Gasteiger partial charge in [0.2, 0.25) is 0 Å². The van der Waals surface area contributed by atoms with Crippen molar-refractivity contribution in [2.24, 2.45) is 0 Å². The van der Waals surface area contributed by atoms with Crippen LogP contribution in [0.5, 0.6) is 0 Å². The molecule has 15 heavy (non-hydrogen) atoms. The summed E-state index contributed by atoms with van der Waals surface area (Å²) >= 11 is 0. The van der Waals surface area contributed by atoms with Crippen LogP contribution in [0.4, 0.5) is 0 Å². The summed E-state index contributed by atoms with van der Waals surface area (Å²) in [4.78, 5) is 0. The largest absolute Gasteiger partial charge is 0.394 e. The van der Waals surface area contributed by atoms with E-state index in [1.54, 1.807) is 12.7 Å². The monoisotopic (exact) mass is 203 g/mol. The highest BCUT2D eigenvalue weighted by Gasteiger charge is 2.27. The number of hydrogen-bond donors (Lipinski definition) is 1. The van der Waals surface area contributed by atoms with Gasteiger partial charge in [-0.15, -0.1) is 10.2 Å². The van der Waals surface area contributed by atoms with E-state index < -0.39 is 5.54 Å². The van der Waals surface area contributed by atoms with Crippen LogP contribution in [0.25, 0.3) is 0 Å². The lowest BCUT2D eigenvalue weighted by Gasteiger charge is -2.28. The van der Waals surface area contributed by atoms with Gasteiger partial charge in [0.15, 0.2) is 0 Å². The van der Waals surface area contributed by atoms with E-state index in [9.17, 15) is 5.11 Å². The highest BCUT2D eigenvalue weighted by molar-refractivity contribution is 5.24. The molecule has 78 valence electrons. The Morgan fingerprint density at radius 2 is 1.80 bits per heavy atom. The first-order valence-electron chi connectivity index (χ1n) is 4.79. The zero-order valence-corrected chi connectivity index (χ0v) is 8.54. The molecule has 1 heterocycles. The van der Waals surface area contributed by atoms with Crippen LogP contribution in [0, 0.1) is 0 Å². The van der Waals surface area contributed by atoms with E-state index in [2.05, 4.69) is 10.2 Å². The van der Waals surface area contributed by atoms with Crippen molar-refractivity contribution in [1.29, 1.82) is 0 Å². The van der Waals surface area contributed by atoms with Gasteiger partial charge < -0.3 is 9.67 Å². The number of nitrogens with zero attached hydrogens (tertiary/aromatic N) is 3. The molecule has 0 bridgehead atoms. The molecule has 0 saturated carbocycles.